The van der Waals surface area contributed by atoms with Crippen molar-refractivity contribution in [3.05, 3.63) is 40.3 Å². The zero-order valence-corrected chi connectivity index (χ0v) is 12.8. The standard InChI is InChI=1S/C14H18BrN3O/c1-10-14(11-3-5-12(15)6-4-11)18-13(17-10)9-16-7-8-19-2/h3-6,16H,7-9H2,1-2H3,(H,17,18). The molecule has 2 rings (SSSR count). The highest BCUT2D eigenvalue weighted by molar-refractivity contribution is 9.10. The Bertz CT molecular complexity index is 522. The summed E-state index contributed by atoms with van der Waals surface area (Å²) in [4.78, 5) is 7.94. The first-order valence-electron chi connectivity index (χ1n) is 6.22. The summed E-state index contributed by atoms with van der Waals surface area (Å²) >= 11 is 3.44. The normalized spacial score (nSPS) is 10.9. The number of nitrogens with zero attached hydrogens (tertiary/aromatic N) is 1. The molecule has 0 atom stereocenters. The van der Waals surface area contributed by atoms with Crippen LogP contribution in [0.15, 0.2) is 28.7 Å². The van der Waals surface area contributed by atoms with Crippen LogP contribution in [0, 0.1) is 6.92 Å². The molecule has 0 unspecified atom stereocenters. The Morgan fingerprint density at radius 1 is 1.32 bits per heavy atom. The van der Waals surface area contributed by atoms with Crippen LogP contribution in [0.25, 0.3) is 11.3 Å². The predicted octanol–water partition coefficient (Wildman–Crippen LogP) is 2.88. The van der Waals surface area contributed by atoms with Crippen molar-refractivity contribution in [3.63, 3.8) is 0 Å². The molecule has 2 N–H and O–H groups in total. The number of hydrogen-bond donors (Lipinski definition) is 2. The maximum atomic E-state index is 4.99. The van der Waals surface area contributed by atoms with E-state index in [0.29, 0.717) is 6.61 Å². The Kier molecular flexibility index (Phi) is 5.13. The van der Waals surface area contributed by atoms with Crippen molar-refractivity contribution in [1.29, 1.82) is 0 Å². The van der Waals surface area contributed by atoms with Crippen molar-refractivity contribution >= 4 is 15.9 Å². The first-order valence-corrected chi connectivity index (χ1v) is 7.01. The molecule has 19 heavy (non-hydrogen) atoms. The molecule has 4 nitrogen and oxygen atoms in total. The van der Waals surface area contributed by atoms with Gasteiger partial charge in [-0.05, 0) is 19.1 Å². The lowest BCUT2D eigenvalue weighted by molar-refractivity contribution is 0.199. The number of benzene rings is 1. The van der Waals surface area contributed by atoms with Crippen LogP contribution in [0.4, 0.5) is 0 Å². The monoisotopic (exact) mass is 323 g/mol. The fourth-order valence-electron chi connectivity index (χ4n) is 1.88. The van der Waals surface area contributed by atoms with E-state index in [1.54, 1.807) is 7.11 Å². The first kappa shape index (κ1) is 14.2. The van der Waals surface area contributed by atoms with Gasteiger partial charge in [-0.3, -0.25) is 0 Å². The van der Waals surface area contributed by atoms with E-state index in [-0.39, 0.29) is 0 Å². The Labute approximate surface area is 121 Å². The summed E-state index contributed by atoms with van der Waals surface area (Å²) in [6.45, 7) is 4.30. The number of hydrogen-bond acceptors (Lipinski definition) is 3. The number of ether oxygens (including phenoxy) is 1. The van der Waals surface area contributed by atoms with Crippen LogP contribution in [0.1, 0.15) is 11.5 Å². The van der Waals surface area contributed by atoms with E-state index in [2.05, 4.69) is 43.3 Å². The summed E-state index contributed by atoms with van der Waals surface area (Å²) in [6, 6.07) is 8.19. The van der Waals surface area contributed by atoms with Gasteiger partial charge in [-0.1, -0.05) is 28.1 Å². The average molecular weight is 324 g/mol. The molecule has 0 saturated carbocycles. The minimum atomic E-state index is 0.708. The number of nitrogens with one attached hydrogen (secondary N) is 2. The summed E-state index contributed by atoms with van der Waals surface area (Å²) in [6.07, 6.45) is 0. The highest BCUT2D eigenvalue weighted by atomic mass is 79.9. The number of rotatable bonds is 6. The molecule has 0 spiro atoms. The summed E-state index contributed by atoms with van der Waals surface area (Å²) in [7, 11) is 1.70. The number of aromatic nitrogens is 2. The van der Waals surface area contributed by atoms with Gasteiger partial charge in [0.25, 0.3) is 0 Å². The van der Waals surface area contributed by atoms with E-state index in [1.807, 2.05) is 19.1 Å². The molecular formula is C14H18BrN3O. The topological polar surface area (TPSA) is 49.9 Å². The van der Waals surface area contributed by atoms with Crippen molar-refractivity contribution in [3.8, 4) is 11.3 Å². The second kappa shape index (κ2) is 6.84. The van der Waals surface area contributed by atoms with E-state index in [4.69, 9.17) is 4.74 Å². The van der Waals surface area contributed by atoms with Crippen molar-refractivity contribution < 1.29 is 4.74 Å². The number of halogens is 1. The molecule has 1 aromatic heterocycles. The molecule has 102 valence electrons. The number of aromatic amines is 1. The Morgan fingerprint density at radius 2 is 2.05 bits per heavy atom. The van der Waals surface area contributed by atoms with Gasteiger partial charge in [-0.2, -0.15) is 0 Å². The lowest BCUT2D eigenvalue weighted by Gasteiger charge is -2.00. The molecule has 0 radical (unpaired) electrons. The predicted molar refractivity (Wildman–Crippen MR) is 80.0 cm³/mol. The zero-order chi connectivity index (χ0) is 13.7. The summed E-state index contributed by atoms with van der Waals surface area (Å²) in [5, 5.41) is 3.28. The molecule has 1 heterocycles. The van der Waals surface area contributed by atoms with Gasteiger partial charge in [-0.15, -0.1) is 0 Å². The molecule has 0 aliphatic rings. The Balaban J connectivity index is 2.06. The van der Waals surface area contributed by atoms with Crippen LogP contribution in [0.5, 0.6) is 0 Å². The minimum Gasteiger partial charge on any atom is -0.383 e. The van der Waals surface area contributed by atoms with Crippen LogP contribution in [-0.2, 0) is 11.3 Å². The van der Waals surface area contributed by atoms with E-state index < -0.39 is 0 Å². The number of imidazole rings is 1. The highest BCUT2D eigenvalue weighted by Crippen LogP contribution is 2.23. The van der Waals surface area contributed by atoms with Crippen LogP contribution < -0.4 is 5.32 Å². The SMILES string of the molecule is COCCNCc1nc(-c2ccc(Br)cc2)c(C)[nH]1. The van der Waals surface area contributed by atoms with Crippen LogP contribution in [-0.4, -0.2) is 30.2 Å². The molecule has 0 saturated heterocycles. The van der Waals surface area contributed by atoms with Gasteiger partial charge in [-0.25, -0.2) is 4.98 Å². The largest absolute Gasteiger partial charge is 0.383 e. The minimum absolute atomic E-state index is 0.708. The van der Waals surface area contributed by atoms with Gasteiger partial charge < -0.3 is 15.0 Å². The second-order valence-electron chi connectivity index (χ2n) is 4.33. The molecule has 0 aliphatic carbocycles. The number of methoxy groups -OCH3 is 1. The van der Waals surface area contributed by atoms with Gasteiger partial charge >= 0.3 is 0 Å². The van der Waals surface area contributed by atoms with E-state index in [9.17, 15) is 0 Å². The first-order chi connectivity index (χ1) is 9.20. The van der Waals surface area contributed by atoms with Crippen molar-refractivity contribution in [2.24, 2.45) is 0 Å². The maximum Gasteiger partial charge on any atom is 0.121 e. The van der Waals surface area contributed by atoms with Gasteiger partial charge in [0, 0.05) is 29.4 Å². The Hall–Kier alpha value is -1.17. The number of aryl methyl sites for hydroxylation is 1. The molecule has 1 aromatic carbocycles. The smallest absolute Gasteiger partial charge is 0.121 e. The third kappa shape index (κ3) is 3.89. The lowest BCUT2D eigenvalue weighted by Crippen LogP contribution is -2.19. The lowest BCUT2D eigenvalue weighted by atomic mass is 10.1. The van der Waals surface area contributed by atoms with E-state index in [1.165, 1.54) is 0 Å². The fraction of sp³-hybridized carbons (Fsp3) is 0.357. The van der Waals surface area contributed by atoms with E-state index >= 15 is 0 Å². The molecule has 0 aliphatic heterocycles. The summed E-state index contributed by atoms with van der Waals surface area (Å²) in [5.74, 6) is 0.950. The second-order valence-corrected chi connectivity index (χ2v) is 5.25. The molecule has 5 heteroatoms. The zero-order valence-electron chi connectivity index (χ0n) is 11.2. The summed E-state index contributed by atoms with van der Waals surface area (Å²) < 4.78 is 6.07. The number of H-pyrrole nitrogens is 1. The molecular weight excluding hydrogens is 306 g/mol. The van der Waals surface area contributed by atoms with Crippen molar-refractivity contribution in [2.75, 3.05) is 20.3 Å². The van der Waals surface area contributed by atoms with E-state index in [0.717, 1.165) is 40.3 Å². The van der Waals surface area contributed by atoms with Gasteiger partial charge in [0.2, 0.25) is 0 Å². The molecule has 0 bridgehead atoms. The van der Waals surface area contributed by atoms with Crippen LogP contribution in [0.3, 0.4) is 0 Å². The Morgan fingerprint density at radius 3 is 2.74 bits per heavy atom. The third-order valence-corrected chi connectivity index (χ3v) is 3.36. The summed E-state index contributed by atoms with van der Waals surface area (Å²) in [5.41, 5.74) is 3.22. The van der Waals surface area contributed by atoms with Gasteiger partial charge in [0.1, 0.15) is 5.82 Å². The maximum absolute atomic E-state index is 4.99. The van der Waals surface area contributed by atoms with Crippen LogP contribution >= 0.6 is 15.9 Å². The molecule has 0 fully saturated rings. The quantitative estimate of drug-likeness (QED) is 0.804. The average Bonchev–Trinajstić information content (AvgIpc) is 2.77. The molecule has 2 aromatic rings. The fourth-order valence-corrected chi connectivity index (χ4v) is 2.14. The van der Waals surface area contributed by atoms with Gasteiger partial charge in [0.05, 0.1) is 18.8 Å². The van der Waals surface area contributed by atoms with Gasteiger partial charge in [0.15, 0.2) is 0 Å². The van der Waals surface area contributed by atoms with Crippen LogP contribution in [0.2, 0.25) is 0 Å². The van der Waals surface area contributed by atoms with Crippen molar-refractivity contribution in [2.45, 2.75) is 13.5 Å². The third-order valence-electron chi connectivity index (χ3n) is 2.83. The van der Waals surface area contributed by atoms with Crippen molar-refractivity contribution in [1.82, 2.24) is 15.3 Å². The highest BCUT2D eigenvalue weighted by Gasteiger charge is 2.08. The molecule has 0 amide bonds.